The zero-order valence-electron chi connectivity index (χ0n) is 11.3. The molecule has 6 heteroatoms. The van der Waals surface area contributed by atoms with Crippen LogP contribution in [0.25, 0.3) is 0 Å². The van der Waals surface area contributed by atoms with Crippen LogP contribution in [0.4, 0.5) is 0 Å². The number of oxime groups is 1. The topological polar surface area (TPSA) is 99.2 Å². The zero-order chi connectivity index (χ0) is 13.9. The monoisotopic (exact) mass is 257 g/mol. The first-order chi connectivity index (χ1) is 8.42. The lowest BCUT2D eigenvalue weighted by atomic mass is 9.84. The molecule has 104 valence electrons. The van der Waals surface area contributed by atoms with Crippen molar-refractivity contribution in [3.05, 3.63) is 0 Å². The van der Waals surface area contributed by atoms with Gasteiger partial charge in [-0.2, -0.15) is 0 Å². The maximum absolute atomic E-state index is 12.6. The highest BCUT2D eigenvalue weighted by Gasteiger charge is 2.44. The van der Waals surface area contributed by atoms with Crippen LogP contribution in [-0.4, -0.2) is 46.1 Å². The molecule has 1 saturated heterocycles. The molecule has 1 fully saturated rings. The number of hydrogen-bond acceptors (Lipinski definition) is 4. The normalized spacial score (nSPS) is 28.2. The number of amides is 1. The first kappa shape index (κ1) is 14.8. The Balaban J connectivity index is 2.99. The minimum Gasteiger partial charge on any atom is -0.409 e. The fraction of sp³-hybridized carbons (Fsp3) is 0.833. The van der Waals surface area contributed by atoms with E-state index < -0.39 is 5.41 Å². The van der Waals surface area contributed by atoms with Crippen molar-refractivity contribution in [1.82, 2.24) is 4.90 Å². The van der Waals surface area contributed by atoms with Crippen molar-refractivity contribution in [2.24, 2.45) is 22.2 Å². The average Bonchev–Trinajstić information content (AvgIpc) is 2.76. The molecule has 0 aromatic rings. The quantitative estimate of drug-likeness (QED) is 0.293. The largest absolute Gasteiger partial charge is 0.409 e. The Hall–Kier alpha value is -1.30. The fourth-order valence-electron chi connectivity index (χ4n) is 2.41. The van der Waals surface area contributed by atoms with Crippen LogP contribution in [0.1, 0.15) is 33.6 Å². The van der Waals surface area contributed by atoms with E-state index in [9.17, 15) is 9.90 Å². The first-order valence-corrected chi connectivity index (χ1v) is 6.32. The summed E-state index contributed by atoms with van der Waals surface area (Å²) in [6, 6.07) is -0.171. The van der Waals surface area contributed by atoms with Crippen LogP contribution in [-0.2, 0) is 4.79 Å². The van der Waals surface area contributed by atoms with Gasteiger partial charge < -0.3 is 20.9 Å². The molecule has 4 N–H and O–H groups in total. The summed E-state index contributed by atoms with van der Waals surface area (Å²) < 4.78 is 0. The highest BCUT2D eigenvalue weighted by atomic mass is 16.4. The van der Waals surface area contributed by atoms with Gasteiger partial charge in [-0.1, -0.05) is 19.0 Å². The molecule has 1 aliphatic rings. The summed E-state index contributed by atoms with van der Waals surface area (Å²) >= 11 is 0. The molecule has 0 spiro atoms. The average molecular weight is 257 g/mol. The molecule has 3 unspecified atom stereocenters. The van der Waals surface area contributed by atoms with Crippen LogP contribution < -0.4 is 5.73 Å². The lowest BCUT2D eigenvalue weighted by Crippen LogP contribution is -2.52. The van der Waals surface area contributed by atoms with E-state index in [0.717, 1.165) is 6.42 Å². The Morgan fingerprint density at radius 3 is 2.67 bits per heavy atom. The number of aliphatic hydroxyl groups is 1. The smallest absolute Gasteiger partial charge is 0.236 e. The Morgan fingerprint density at radius 1 is 1.61 bits per heavy atom. The van der Waals surface area contributed by atoms with Crippen molar-refractivity contribution < 1.29 is 15.1 Å². The molecule has 0 saturated carbocycles. The van der Waals surface area contributed by atoms with Crippen LogP contribution in [0.2, 0.25) is 0 Å². The lowest BCUT2D eigenvalue weighted by Gasteiger charge is -2.34. The van der Waals surface area contributed by atoms with Crippen molar-refractivity contribution >= 4 is 11.7 Å². The first-order valence-electron chi connectivity index (χ1n) is 6.32. The maximum atomic E-state index is 12.6. The van der Waals surface area contributed by atoms with E-state index in [2.05, 4.69) is 5.16 Å². The van der Waals surface area contributed by atoms with Crippen molar-refractivity contribution in [2.45, 2.75) is 39.7 Å². The molecule has 1 aliphatic heterocycles. The van der Waals surface area contributed by atoms with Gasteiger partial charge in [-0.15, -0.1) is 0 Å². The number of nitrogens with two attached hydrogens (primary N) is 1. The van der Waals surface area contributed by atoms with Gasteiger partial charge in [0, 0.05) is 6.54 Å². The number of carbonyl (C=O) groups excluding carboxylic acids is 1. The van der Waals surface area contributed by atoms with E-state index in [1.54, 1.807) is 11.8 Å². The molecule has 0 aliphatic carbocycles. The molecule has 1 heterocycles. The van der Waals surface area contributed by atoms with Gasteiger partial charge in [-0.3, -0.25) is 4.79 Å². The van der Waals surface area contributed by atoms with Crippen molar-refractivity contribution in [1.29, 1.82) is 0 Å². The maximum Gasteiger partial charge on any atom is 0.236 e. The second-order valence-electron chi connectivity index (χ2n) is 5.19. The fourth-order valence-corrected chi connectivity index (χ4v) is 2.41. The number of nitrogens with zero attached hydrogens (tertiary/aromatic N) is 2. The Bertz CT molecular complexity index is 345. The van der Waals surface area contributed by atoms with Gasteiger partial charge in [-0.25, -0.2) is 0 Å². The van der Waals surface area contributed by atoms with Crippen LogP contribution in [0, 0.1) is 11.3 Å². The van der Waals surface area contributed by atoms with Crippen molar-refractivity contribution in [2.75, 3.05) is 13.2 Å². The highest BCUT2D eigenvalue weighted by molar-refractivity contribution is 6.06. The number of likely N-dealkylation sites (tertiary alicyclic amines) is 1. The number of hydrogen-bond donors (Lipinski definition) is 3. The second kappa shape index (κ2) is 5.56. The molecule has 0 aromatic carbocycles. The summed E-state index contributed by atoms with van der Waals surface area (Å²) in [4.78, 5) is 14.2. The predicted octanol–water partition coefficient (Wildman–Crippen LogP) is 0.378. The summed E-state index contributed by atoms with van der Waals surface area (Å²) in [5.41, 5.74) is 4.63. The van der Waals surface area contributed by atoms with Crippen LogP contribution in [0.15, 0.2) is 5.16 Å². The molecule has 18 heavy (non-hydrogen) atoms. The zero-order valence-corrected chi connectivity index (χ0v) is 11.3. The summed E-state index contributed by atoms with van der Waals surface area (Å²) in [5.74, 6) is 0.0160. The van der Waals surface area contributed by atoms with Gasteiger partial charge in [0.2, 0.25) is 5.91 Å². The van der Waals surface area contributed by atoms with Gasteiger partial charge >= 0.3 is 0 Å². The van der Waals surface area contributed by atoms with Gasteiger partial charge in [0.05, 0.1) is 12.6 Å². The van der Waals surface area contributed by atoms with Gasteiger partial charge in [0.15, 0.2) is 5.84 Å². The minimum absolute atomic E-state index is 0.0527. The van der Waals surface area contributed by atoms with Crippen molar-refractivity contribution in [3.63, 3.8) is 0 Å². The Labute approximate surface area is 107 Å². The van der Waals surface area contributed by atoms with Gasteiger partial charge in [-0.05, 0) is 25.7 Å². The van der Waals surface area contributed by atoms with E-state index in [0.29, 0.717) is 13.0 Å². The Kier molecular flexibility index (Phi) is 4.56. The minimum atomic E-state index is -1.01. The van der Waals surface area contributed by atoms with Gasteiger partial charge in [0.25, 0.3) is 0 Å². The molecule has 0 aromatic heterocycles. The van der Waals surface area contributed by atoms with Crippen LogP contribution >= 0.6 is 0 Å². The number of rotatable bonds is 4. The third-order valence-corrected chi connectivity index (χ3v) is 4.18. The molecule has 6 nitrogen and oxygen atoms in total. The number of amidine groups is 1. The van der Waals surface area contributed by atoms with E-state index in [4.69, 9.17) is 10.9 Å². The highest BCUT2D eigenvalue weighted by Crippen LogP contribution is 2.31. The van der Waals surface area contributed by atoms with E-state index in [1.165, 1.54) is 0 Å². The van der Waals surface area contributed by atoms with Crippen LogP contribution in [0.5, 0.6) is 0 Å². The number of aliphatic hydroxyl groups excluding tert-OH is 1. The predicted molar refractivity (Wildman–Crippen MR) is 68.2 cm³/mol. The summed E-state index contributed by atoms with van der Waals surface area (Å²) in [6.07, 6.45) is 1.32. The SMILES string of the molecule is CCC(C)(C(=O)N1CCC(C)C1CO)C(N)=NO. The molecule has 1 rings (SSSR count). The lowest BCUT2D eigenvalue weighted by molar-refractivity contribution is -0.140. The third kappa shape index (κ3) is 2.29. The summed E-state index contributed by atoms with van der Waals surface area (Å²) in [7, 11) is 0. The standard InChI is InChI=1S/C12H23N3O3/c1-4-12(3,10(13)14-18)11(17)15-6-5-8(2)9(15)7-16/h8-9,16,18H,4-7H2,1-3H3,(H2,13,14). The van der Waals surface area contributed by atoms with Gasteiger partial charge in [0.1, 0.15) is 5.41 Å². The second-order valence-corrected chi connectivity index (χ2v) is 5.19. The molecular weight excluding hydrogens is 234 g/mol. The van der Waals surface area contributed by atoms with E-state index in [1.807, 2.05) is 13.8 Å². The molecule has 0 radical (unpaired) electrons. The summed E-state index contributed by atoms with van der Waals surface area (Å²) in [6.45, 7) is 6.06. The molecule has 0 bridgehead atoms. The molecule has 3 atom stereocenters. The summed E-state index contributed by atoms with van der Waals surface area (Å²) in [5, 5.41) is 21.2. The molecule has 1 amide bonds. The Morgan fingerprint density at radius 2 is 2.22 bits per heavy atom. The number of carbonyl (C=O) groups is 1. The van der Waals surface area contributed by atoms with Crippen LogP contribution in [0.3, 0.4) is 0 Å². The van der Waals surface area contributed by atoms with E-state index in [-0.39, 0.29) is 30.3 Å². The molecular formula is C12H23N3O3. The van der Waals surface area contributed by atoms with Crippen molar-refractivity contribution in [3.8, 4) is 0 Å². The third-order valence-electron chi connectivity index (χ3n) is 4.18. The van der Waals surface area contributed by atoms with E-state index >= 15 is 0 Å².